The molecule has 0 saturated heterocycles. The summed E-state index contributed by atoms with van der Waals surface area (Å²) in [6.07, 6.45) is 1.52. The van der Waals surface area contributed by atoms with Crippen molar-refractivity contribution >= 4 is 39.1 Å². The van der Waals surface area contributed by atoms with Gasteiger partial charge in [0.05, 0.1) is 9.92 Å². The van der Waals surface area contributed by atoms with Crippen LogP contribution in [0.1, 0.15) is 5.56 Å². The average molecular weight is 330 g/mol. The summed E-state index contributed by atoms with van der Waals surface area (Å²) in [4.78, 5) is 4.85. The largest absolute Gasteiger partial charge is 0.399 e. The molecular weight excluding hydrogens is 318 g/mol. The topological polar surface area (TPSA) is 99.1 Å². The number of pyridine rings is 1. The Labute approximate surface area is 126 Å². The highest BCUT2D eigenvalue weighted by atomic mass is 35.5. The van der Waals surface area contributed by atoms with Gasteiger partial charge in [-0.1, -0.05) is 23.4 Å². The normalized spacial score (nSPS) is 11.6. The minimum Gasteiger partial charge on any atom is -0.399 e. The molecule has 0 spiro atoms. The smallest absolute Gasteiger partial charge is 0.238 e. The van der Waals surface area contributed by atoms with E-state index < -0.39 is 10.0 Å². The van der Waals surface area contributed by atoms with Gasteiger partial charge in [-0.3, -0.25) is 0 Å². The molecule has 0 aliphatic rings. The number of anilines is 1. The van der Waals surface area contributed by atoms with Gasteiger partial charge in [0.15, 0.2) is 0 Å². The number of nitrogens with zero attached hydrogens (tertiary/aromatic N) is 1. The molecule has 2 aromatic rings. The summed E-state index contributed by atoms with van der Waals surface area (Å²) in [6.45, 7) is 1.68. The molecular formula is C12H12ClN3O2S2. The van der Waals surface area contributed by atoms with Gasteiger partial charge in [-0.15, -0.1) is 0 Å². The van der Waals surface area contributed by atoms with Gasteiger partial charge in [-0.05, 0) is 36.8 Å². The highest BCUT2D eigenvalue weighted by Gasteiger charge is 2.16. The van der Waals surface area contributed by atoms with Gasteiger partial charge in [0.25, 0.3) is 0 Å². The molecule has 5 nitrogen and oxygen atoms in total. The summed E-state index contributed by atoms with van der Waals surface area (Å²) in [5, 5.41) is 6.40. The van der Waals surface area contributed by atoms with E-state index in [0.29, 0.717) is 26.2 Å². The van der Waals surface area contributed by atoms with Gasteiger partial charge in [-0.2, -0.15) is 0 Å². The number of halogens is 1. The summed E-state index contributed by atoms with van der Waals surface area (Å²) in [5.41, 5.74) is 6.60. The number of nitrogens with two attached hydrogens (primary N) is 2. The fraction of sp³-hybridized carbons (Fsp3) is 0.0833. The van der Waals surface area contributed by atoms with Crippen LogP contribution in [0.5, 0.6) is 0 Å². The maximum atomic E-state index is 11.5. The molecule has 0 amide bonds. The zero-order valence-electron chi connectivity index (χ0n) is 10.5. The van der Waals surface area contributed by atoms with E-state index in [4.69, 9.17) is 22.5 Å². The van der Waals surface area contributed by atoms with Crippen LogP contribution in [0, 0.1) is 6.92 Å². The Morgan fingerprint density at radius 1 is 1.30 bits per heavy atom. The van der Waals surface area contributed by atoms with Gasteiger partial charge < -0.3 is 5.73 Å². The lowest BCUT2D eigenvalue weighted by atomic mass is 10.2. The molecule has 20 heavy (non-hydrogen) atoms. The van der Waals surface area contributed by atoms with Crippen molar-refractivity contribution in [2.45, 2.75) is 21.7 Å². The Kier molecular flexibility index (Phi) is 4.24. The van der Waals surface area contributed by atoms with Crippen LogP contribution in [0.25, 0.3) is 0 Å². The summed E-state index contributed by atoms with van der Waals surface area (Å²) in [5.74, 6) is 0. The predicted molar refractivity (Wildman–Crippen MR) is 80.3 cm³/mol. The van der Waals surface area contributed by atoms with Gasteiger partial charge >= 0.3 is 0 Å². The molecule has 0 fully saturated rings. The first-order valence-corrected chi connectivity index (χ1v) is 8.24. The fourth-order valence-corrected chi connectivity index (χ4v) is 3.56. The van der Waals surface area contributed by atoms with E-state index in [1.54, 1.807) is 25.1 Å². The quantitative estimate of drug-likeness (QED) is 0.842. The van der Waals surface area contributed by atoms with Crippen molar-refractivity contribution in [3.8, 4) is 0 Å². The Balaban J connectivity index is 2.47. The zero-order chi connectivity index (χ0) is 14.9. The number of hydrogen-bond donors (Lipinski definition) is 2. The molecule has 106 valence electrons. The van der Waals surface area contributed by atoms with Crippen molar-refractivity contribution in [1.29, 1.82) is 0 Å². The number of aromatic nitrogens is 1. The molecule has 0 unspecified atom stereocenters. The monoisotopic (exact) mass is 329 g/mol. The van der Waals surface area contributed by atoms with Crippen LogP contribution in [0.3, 0.4) is 0 Å². The summed E-state index contributed by atoms with van der Waals surface area (Å²) >= 11 is 7.07. The summed E-state index contributed by atoms with van der Waals surface area (Å²) < 4.78 is 23.1. The lowest BCUT2D eigenvalue weighted by Gasteiger charge is -2.10. The maximum absolute atomic E-state index is 11.5. The molecule has 2 rings (SSSR count). The van der Waals surface area contributed by atoms with Crippen molar-refractivity contribution in [2.24, 2.45) is 5.14 Å². The summed E-state index contributed by atoms with van der Waals surface area (Å²) in [6, 6.07) is 6.49. The van der Waals surface area contributed by atoms with Crippen molar-refractivity contribution < 1.29 is 8.42 Å². The molecule has 0 bridgehead atoms. The molecule has 8 heteroatoms. The minimum absolute atomic E-state index is 0.0222. The first-order valence-electron chi connectivity index (χ1n) is 5.49. The van der Waals surface area contributed by atoms with Gasteiger partial charge in [0.1, 0.15) is 5.03 Å². The van der Waals surface area contributed by atoms with Crippen molar-refractivity contribution in [2.75, 3.05) is 5.73 Å². The van der Waals surface area contributed by atoms with Crippen LogP contribution < -0.4 is 10.9 Å². The van der Waals surface area contributed by atoms with E-state index in [0.717, 1.165) is 0 Å². The predicted octanol–water partition coefficient (Wildman–Crippen LogP) is 2.42. The number of benzene rings is 1. The molecule has 0 aliphatic heterocycles. The summed E-state index contributed by atoms with van der Waals surface area (Å²) in [7, 11) is -3.81. The number of sulfonamides is 1. The molecule has 0 radical (unpaired) electrons. The maximum Gasteiger partial charge on any atom is 0.238 e. The third-order valence-corrected chi connectivity index (χ3v) is 4.91. The van der Waals surface area contributed by atoms with Crippen LogP contribution >= 0.6 is 23.4 Å². The highest BCUT2D eigenvalue weighted by molar-refractivity contribution is 7.99. The van der Waals surface area contributed by atoms with Crippen molar-refractivity contribution in [3.63, 3.8) is 0 Å². The minimum atomic E-state index is -3.81. The lowest BCUT2D eigenvalue weighted by molar-refractivity contribution is 0.597. The Morgan fingerprint density at radius 3 is 2.55 bits per heavy atom. The Hall–Kier alpha value is -1.28. The Bertz CT molecular complexity index is 746. The highest BCUT2D eigenvalue weighted by Crippen LogP contribution is 2.34. The number of nitrogen functional groups attached to an aromatic ring is 1. The van der Waals surface area contributed by atoms with Crippen molar-refractivity contribution in [1.82, 2.24) is 4.98 Å². The molecule has 1 aromatic heterocycles. The molecule has 4 N–H and O–H groups in total. The van der Waals surface area contributed by atoms with E-state index in [2.05, 4.69) is 4.98 Å². The molecule has 0 aliphatic carbocycles. The van der Waals surface area contributed by atoms with Crippen LogP contribution in [0.4, 0.5) is 5.69 Å². The Morgan fingerprint density at radius 2 is 2.00 bits per heavy atom. The van der Waals surface area contributed by atoms with Crippen LogP contribution in [-0.4, -0.2) is 13.4 Å². The lowest BCUT2D eigenvalue weighted by Crippen LogP contribution is -2.14. The molecule has 1 heterocycles. The van der Waals surface area contributed by atoms with E-state index in [1.807, 2.05) is 0 Å². The van der Waals surface area contributed by atoms with E-state index in [9.17, 15) is 8.42 Å². The SMILES string of the molecule is Cc1c(Sc2ccc(Cl)cn2)cc(N)cc1S(N)(=O)=O. The van der Waals surface area contributed by atoms with Crippen LogP contribution in [-0.2, 0) is 10.0 Å². The second kappa shape index (κ2) is 5.61. The molecule has 0 atom stereocenters. The number of hydrogen-bond acceptors (Lipinski definition) is 5. The van der Waals surface area contributed by atoms with Gasteiger partial charge in [0.2, 0.25) is 10.0 Å². The van der Waals surface area contributed by atoms with E-state index in [-0.39, 0.29) is 4.90 Å². The first-order chi connectivity index (χ1) is 9.27. The molecule has 1 aromatic carbocycles. The first kappa shape index (κ1) is 15.1. The van der Waals surface area contributed by atoms with Gasteiger partial charge in [-0.25, -0.2) is 18.5 Å². The number of rotatable bonds is 3. The van der Waals surface area contributed by atoms with Crippen molar-refractivity contribution in [3.05, 3.63) is 41.0 Å². The van der Waals surface area contributed by atoms with Crippen LogP contribution in [0.15, 0.2) is 45.3 Å². The zero-order valence-corrected chi connectivity index (χ0v) is 12.9. The third-order valence-electron chi connectivity index (χ3n) is 2.56. The standard InChI is InChI=1S/C12H12ClN3O2S2/c1-7-10(19-12-3-2-8(13)6-16-12)4-9(14)5-11(7)20(15,17)18/h2-6H,14H2,1H3,(H2,15,17,18). The number of primary sulfonamides is 1. The van der Waals surface area contributed by atoms with Crippen LogP contribution in [0.2, 0.25) is 5.02 Å². The fourth-order valence-electron chi connectivity index (χ4n) is 1.62. The van der Waals surface area contributed by atoms with E-state index in [1.165, 1.54) is 24.0 Å². The molecule has 0 saturated carbocycles. The van der Waals surface area contributed by atoms with Gasteiger partial charge in [0, 0.05) is 16.8 Å². The second-order valence-corrected chi connectivity index (χ2v) is 7.13. The average Bonchev–Trinajstić information content (AvgIpc) is 2.35. The third kappa shape index (κ3) is 3.43. The van der Waals surface area contributed by atoms with E-state index >= 15 is 0 Å². The second-order valence-electron chi connectivity index (χ2n) is 4.10.